The lowest BCUT2D eigenvalue weighted by Crippen LogP contribution is -2.45. The van der Waals surface area contributed by atoms with Gasteiger partial charge in [0, 0.05) is 38.4 Å². The van der Waals surface area contributed by atoms with E-state index in [1.807, 2.05) is 45.6 Å². The summed E-state index contributed by atoms with van der Waals surface area (Å²) in [4.78, 5) is 45.4. The predicted octanol–water partition coefficient (Wildman–Crippen LogP) is 4.41. The molecule has 2 aliphatic rings. The Bertz CT molecular complexity index is 1460. The number of piperidine rings is 1. The van der Waals surface area contributed by atoms with Crippen molar-refractivity contribution < 1.29 is 18.8 Å². The molecule has 1 aromatic heterocycles. The van der Waals surface area contributed by atoms with Gasteiger partial charge in [0.25, 0.3) is 11.8 Å². The minimum atomic E-state index is -0.415. The van der Waals surface area contributed by atoms with Crippen LogP contribution >= 0.6 is 0 Å². The van der Waals surface area contributed by atoms with Crippen molar-refractivity contribution in [3.63, 3.8) is 0 Å². The maximum Gasteiger partial charge on any atom is 0.263 e. The van der Waals surface area contributed by atoms with Gasteiger partial charge < -0.3 is 9.80 Å². The number of carbonyl (C=O) groups is 3. The Morgan fingerprint density at radius 1 is 1.15 bits per heavy atom. The highest BCUT2D eigenvalue weighted by molar-refractivity contribution is 6.23. The van der Waals surface area contributed by atoms with Crippen molar-refractivity contribution in [1.29, 1.82) is 0 Å². The molecule has 3 aromatic rings. The molecule has 2 atom stereocenters. The number of amides is 3. The molecule has 0 radical (unpaired) electrons. The van der Waals surface area contributed by atoms with Crippen molar-refractivity contribution in [1.82, 2.24) is 19.6 Å². The number of hydrogen-bond acceptors (Lipinski definition) is 5. The molecular weight excluding hydrogens is 497 g/mol. The SMILES string of the molecule is Cc1nn(C)c(C)c1[C@@H](C)N(C)C(=O)[C@H]1CCCN(c2cccc3c2C(=O)N(Cc2cccc(F)c2)C3=O)C1. The van der Waals surface area contributed by atoms with Crippen molar-refractivity contribution in [2.45, 2.75) is 46.2 Å². The number of imide groups is 1. The molecule has 2 aliphatic heterocycles. The van der Waals surface area contributed by atoms with Crippen molar-refractivity contribution in [2.75, 3.05) is 25.0 Å². The van der Waals surface area contributed by atoms with Gasteiger partial charge in [-0.15, -0.1) is 0 Å². The average molecular weight is 532 g/mol. The molecule has 0 N–H and O–H groups in total. The van der Waals surface area contributed by atoms with Gasteiger partial charge in [-0.1, -0.05) is 18.2 Å². The molecule has 0 aliphatic carbocycles. The van der Waals surface area contributed by atoms with Gasteiger partial charge in [0.2, 0.25) is 5.91 Å². The topological polar surface area (TPSA) is 78.8 Å². The number of nitrogens with zero attached hydrogens (tertiary/aromatic N) is 5. The number of benzene rings is 2. The summed E-state index contributed by atoms with van der Waals surface area (Å²) in [6, 6.07) is 11.1. The molecule has 2 aromatic carbocycles. The fourth-order valence-corrected chi connectivity index (χ4v) is 6.01. The highest BCUT2D eigenvalue weighted by Gasteiger charge is 2.40. The summed E-state index contributed by atoms with van der Waals surface area (Å²) < 4.78 is 15.6. The van der Waals surface area contributed by atoms with Crippen LogP contribution in [0.1, 0.15) is 69.0 Å². The van der Waals surface area contributed by atoms with E-state index < -0.39 is 11.7 Å². The standard InChI is InChI=1S/C30H34FN5O3/c1-18-26(20(3)34(5)32-18)19(2)33(4)28(37)22-10-8-14-35(17-22)25-13-7-12-24-27(25)30(39)36(29(24)38)16-21-9-6-11-23(31)15-21/h6-7,9,11-13,15,19,22H,8,10,14,16-17H2,1-5H3/t19-,22+/m1/s1. The first kappa shape index (κ1) is 26.6. The van der Waals surface area contributed by atoms with Gasteiger partial charge in [0.15, 0.2) is 0 Å². The second kappa shape index (κ2) is 10.3. The molecule has 0 unspecified atom stereocenters. The van der Waals surface area contributed by atoms with E-state index in [-0.39, 0.29) is 30.3 Å². The molecule has 1 saturated heterocycles. The lowest BCUT2D eigenvalue weighted by atomic mass is 9.94. The Hall–Kier alpha value is -4.01. The Kier molecular flexibility index (Phi) is 7.01. The Morgan fingerprint density at radius 2 is 1.90 bits per heavy atom. The van der Waals surface area contributed by atoms with Crippen molar-refractivity contribution in [2.24, 2.45) is 13.0 Å². The van der Waals surface area contributed by atoms with Crippen LogP contribution in [0, 0.1) is 25.6 Å². The highest BCUT2D eigenvalue weighted by atomic mass is 19.1. The zero-order valence-corrected chi connectivity index (χ0v) is 23.1. The van der Waals surface area contributed by atoms with Crippen LogP contribution in [0.25, 0.3) is 0 Å². The van der Waals surface area contributed by atoms with E-state index in [0.29, 0.717) is 35.5 Å². The van der Waals surface area contributed by atoms with Crippen LogP contribution in [-0.2, 0) is 18.4 Å². The first-order valence-corrected chi connectivity index (χ1v) is 13.3. The Balaban J connectivity index is 1.36. The second-order valence-corrected chi connectivity index (χ2v) is 10.6. The maximum absolute atomic E-state index is 13.7. The summed E-state index contributed by atoms with van der Waals surface area (Å²) in [5.74, 6) is -1.38. The number of hydrogen-bond donors (Lipinski definition) is 0. The third-order valence-electron chi connectivity index (χ3n) is 8.23. The average Bonchev–Trinajstić information content (AvgIpc) is 3.33. The summed E-state index contributed by atoms with van der Waals surface area (Å²) in [6.07, 6.45) is 1.55. The van der Waals surface area contributed by atoms with Crippen LogP contribution in [0.5, 0.6) is 0 Å². The van der Waals surface area contributed by atoms with Crippen molar-refractivity contribution in [3.8, 4) is 0 Å². The fourth-order valence-electron chi connectivity index (χ4n) is 6.01. The number of anilines is 1. The smallest absolute Gasteiger partial charge is 0.263 e. The zero-order valence-electron chi connectivity index (χ0n) is 23.1. The molecule has 9 heteroatoms. The summed E-state index contributed by atoms with van der Waals surface area (Å²) in [6.45, 7) is 7.15. The molecule has 3 amide bonds. The third kappa shape index (κ3) is 4.70. The summed E-state index contributed by atoms with van der Waals surface area (Å²) >= 11 is 0. The molecule has 8 nitrogen and oxygen atoms in total. The second-order valence-electron chi connectivity index (χ2n) is 10.6. The van der Waals surface area contributed by atoms with E-state index in [2.05, 4.69) is 10.00 Å². The van der Waals surface area contributed by atoms with Gasteiger partial charge in [-0.2, -0.15) is 5.10 Å². The summed E-state index contributed by atoms with van der Waals surface area (Å²) in [5.41, 5.74) is 4.93. The minimum Gasteiger partial charge on any atom is -0.370 e. The van der Waals surface area contributed by atoms with Crippen LogP contribution in [-0.4, -0.2) is 57.4 Å². The van der Waals surface area contributed by atoms with Crippen LogP contribution in [0.3, 0.4) is 0 Å². The molecule has 0 bridgehead atoms. The molecule has 204 valence electrons. The normalized spacial score (nSPS) is 17.9. The largest absolute Gasteiger partial charge is 0.370 e. The monoisotopic (exact) mass is 531 g/mol. The number of aromatic nitrogens is 2. The summed E-state index contributed by atoms with van der Waals surface area (Å²) in [5, 5.41) is 4.51. The highest BCUT2D eigenvalue weighted by Crippen LogP contribution is 2.36. The number of rotatable bonds is 6. The molecule has 1 fully saturated rings. The molecule has 0 spiro atoms. The maximum atomic E-state index is 13.7. The van der Waals surface area contributed by atoms with E-state index >= 15 is 0 Å². The van der Waals surface area contributed by atoms with E-state index in [0.717, 1.165) is 29.8 Å². The molecule has 5 rings (SSSR count). The number of halogens is 1. The van der Waals surface area contributed by atoms with Crippen molar-refractivity contribution in [3.05, 3.63) is 81.9 Å². The van der Waals surface area contributed by atoms with Crippen LogP contribution in [0.15, 0.2) is 42.5 Å². The third-order valence-corrected chi connectivity index (χ3v) is 8.23. The van der Waals surface area contributed by atoms with Gasteiger partial charge in [0.05, 0.1) is 41.0 Å². The minimum absolute atomic E-state index is 0.000513. The van der Waals surface area contributed by atoms with Gasteiger partial charge >= 0.3 is 0 Å². The van der Waals surface area contributed by atoms with Gasteiger partial charge in [0.1, 0.15) is 5.82 Å². The van der Waals surface area contributed by atoms with Crippen LogP contribution in [0.2, 0.25) is 0 Å². The van der Waals surface area contributed by atoms with Gasteiger partial charge in [-0.05, 0) is 63.4 Å². The predicted molar refractivity (Wildman–Crippen MR) is 146 cm³/mol. The Labute approximate surface area is 228 Å². The number of aryl methyl sites for hydroxylation is 2. The zero-order chi connectivity index (χ0) is 28.0. The number of fused-ring (bicyclic) bond motifs is 1. The van der Waals surface area contributed by atoms with Crippen LogP contribution in [0.4, 0.5) is 10.1 Å². The molecule has 3 heterocycles. The van der Waals surface area contributed by atoms with E-state index in [1.54, 1.807) is 29.2 Å². The van der Waals surface area contributed by atoms with Gasteiger partial charge in [-0.25, -0.2) is 4.39 Å². The lowest BCUT2D eigenvalue weighted by Gasteiger charge is -2.37. The first-order valence-electron chi connectivity index (χ1n) is 13.3. The van der Waals surface area contributed by atoms with E-state index in [1.165, 1.54) is 17.0 Å². The number of carbonyl (C=O) groups excluding carboxylic acids is 3. The Morgan fingerprint density at radius 3 is 2.59 bits per heavy atom. The van der Waals surface area contributed by atoms with E-state index in [4.69, 9.17) is 0 Å². The fraction of sp³-hybridized carbons (Fsp3) is 0.400. The first-order chi connectivity index (χ1) is 18.6. The van der Waals surface area contributed by atoms with Gasteiger partial charge in [-0.3, -0.25) is 24.0 Å². The van der Waals surface area contributed by atoms with E-state index in [9.17, 15) is 18.8 Å². The molecule has 0 saturated carbocycles. The summed E-state index contributed by atoms with van der Waals surface area (Å²) in [7, 11) is 3.74. The molecule has 39 heavy (non-hydrogen) atoms. The lowest BCUT2D eigenvalue weighted by molar-refractivity contribution is -0.136. The van der Waals surface area contributed by atoms with Crippen molar-refractivity contribution >= 4 is 23.4 Å². The quantitative estimate of drug-likeness (QED) is 0.441. The molecular formula is C30H34FN5O3. The van der Waals surface area contributed by atoms with Crippen LogP contribution < -0.4 is 4.90 Å².